The number of halogens is 3. The van der Waals surface area contributed by atoms with E-state index in [2.05, 4.69) is 21.5 Å². The van der Waals surface area contributed by atoms with Gasteiger partial charge in [0.15, 0.2) is 5.82 Å². The van der Waals surface area contributed by atoms with Crippen molar-refractivity contribution in [2.24, 2.45) is 5.92 Å². The van der Waals surface area contributed by atoms with E-state index in [4.69, 9.17) is 4.74 Å². The van der Waals surface area contributed by atoms with Gasteiger partial charge < -0.3 is 19.9 Å². The van der Waals surface area contributed by atoms with Gasteiger partial charge in [0, 0.05) is 25.0 Å². The van der Waals surface area contributed by atoms with Crippen LogP contribution in [-0.2, 0) is 10.2 Å². The molecular formula is C24H25F3N6O2. The van der Waals surface area contributed by atoms with Gasteiger partial charge in [0.2, 0.25) is 0 Å². The van der Waals surface area contributed by atoms with Crippen molar-refractivity contribution in [1.82, 2.24) is 19.7 Å². The van der Waals surface area contributed by atoms with Crippen LogP contribution in [0.1, 0.15) is 24.4 Å². The van der Waals surface area contributed by atoms with Crippen LogP contribution in [0.25, 0.3) is 10.9 Å². The first kappa shape index (κ1) is 23.4. The van der Waals surface area contributed by atoms with Crippen LogP contribution in [-0.4, -0.2) is 59.2 Å². The van der Waals surface area contributed by atoms with E-state index in [9.17, 15) is 23.2 Å². The quantitative estimate of drug-likeness (QED) is 0.584. The fraction of sp³-hybridized carbons (Fsp3) is 0.458. The Labute approximate surface area is 199 Å². The molecule has 0 saturated carbocycles. The van der Waals surface area contributed by atoms with Crippen molar-refractivity contribution < 1.29 is 17.9 Å². The standard InChI is InChI=1S/C24H25F3N6O2/c1-32-10-8-23(14-32,24(25,26)27)16-2-4-17(5-3-16)30-21-20-18(6-9-29-22(20)34)33(31-21)19-13-35-11-7-15(19)12-28/h2-6,9,15,19H,7-8,10-11,13-14H2,1H3,(H,29,34)(H,30,31)/t15-,19?,23?/m1/s1. The zero-order valence-corrected chi connectivity index (χ0v) is 19.1. The third-order valence-corrected chi connectivity index (χ3v) is 7.14. The van der Waals surface area contributed by atoms with Gasteiger partial charge in [0.1, 0.15) is 10.8 Å². The van der Waals surface area contributed by atoms with Gasteiger partial charge in [-0.05, 0) is 50.2 Å². The van der Waals surface area contributed by atoms with E-state index >= 15 is 0 Å². The second-order valence-corrected chi connectivity index (χ2v) is 9.30. The number of nitriles is 1. The Balaban J connectivity index is 1.50. The van der Waals surface area contributed by atoms with E-state index in [0.29, 0.717) is 42.8 Å². The average Bonchev–Trinajstić information content (AvgIpc) is 3.42. The number of fused-ring (bicyclic) bond motifs is 1. The van der Waals surface area contributed by atoms with Gasteiger partial charge in [-0.1, -0.05) is 12.1 Å². The number of rotatable bonds is 4. The van der Waals surface area contributed by atoms with E-state index in [1.165, 1.54) is 18.3 Å². The first-order valence-electron chi connectivity index (χ1n) is 11.4. The number of likely N-dealkylation sites (N-methyl/N-ethyl adjacent to an activating group) is 1. The molecule has 1 aromatic carbocycles. The van der Waals surface area contributed by atoms with Gasteiger partial charge in [0.25, 0.3) is 5.56 Å². The Bertz CT molecular complexity index is 1330. The topological polar surface area (TPSA) is 99.0 Å². The lowest BCUT2D eigenvalue weighted by Crippen LogP contribution is -2.44. The second kappa shape index (κ2) is 8.70. The summed E-state index contributed by atoms with van der Waals surface area (Å²) in [6.45, 7) is 1.07. The maximum absolute atomic E-state index is 14.1. The summed E-state index contributed by atoms with van der Waals surface area (Å²) in [6.07, 6.45) is -2.28. The highest BCUT2D eigenvalue weighted by Crippen LogP contribution is 2.47. The Morgan fingerprint density at radius 2 is 2.06 bits per heavy atom. The molecule has 0 aliphatic carbocycles. The predicted octanol–water partition coefficient (Wildman–Crippen LogP) is 3.70. The van der Waals surface area contributed by atoms with Crippen LogP contribution in [0, 0.1) is 17.2 Å². The Morgan fingerprint density at radius 3 is 2.71 bits per heavy atom. The molecule has 2 aliphatic rings. The zero-order chi connectivity index (χ0) is 24.8. The molecule has 2 saturated heterocycles. The van der Waals surface area contributed by atoms with Crippen molar-refractivity contribution in [2.75, 3.05) is 38.7 Å². The maximum atomic E-state index is 14.1. The molecule has 2 unspecified atom stereocenters. The number of hydrogen-bond acceptors (Lipinski definition) is 6. The lowest BCUT2D eigenvalue weighted by atomic mass is 9.79. The lowest BCUT2D eigenvalue weighted by molar-refractivity contribution is -0.186. The summed E-state index contributed by atoms with van der Waals surface area (Å²) in [5.74, 6) is -0.0515. The van der Waals surface area contributed by atoms with Crippen LogP contribution in [0.4, 0.5) is 24.7 Å². The van der Waals surface area contributed by atoms with Gasteiger partial charge in [-0.2, -0.15) is 23.5 Å². The van der Waals surface area contributed by atoms with Crippen molar-refractivity contribution in [3.63, 3.8) is 0 Å². The Hall–Kier alpha value is -3.36. The summed E-state index contributed by atoms with van der Waals surface area (Å²) >= 11 is 0. The highest BCUT2D eigenvalue weighted by Gasteiger charge is 2.58. The molecule has 35 heavy (non-hydrogen) atoms. The molecule has 0 amide bonds. The van der Waals surface area contributed by atoms with Crippen molar-refractivity contribution >= 4 is 22.4 Å². The summed E-state index contributed by atoms with van der Waals surface area (Å²) < 4.78 is 49.4. The molecular weight excluding hydrogens is 461 g/mol. The summed E-state index contributed by atoms with van der Waals surface area (Å²) in [5.41, 5.74) is -0.996. The number of aromatic amines is 1. The van der Waals surface area contributed by atoms with Crippen molar-refractivity contribution in [1.29, 1.82) is 5.26 Å². The fourth-order valence-electron chi connectivity index (χ4n) is 5.19. The van der Waals surface area contributed by atoms with Gasteiger partial charge in [-0.15, -0.1) is 0 Å². The largest absolute Gasteiger partial charge is 0.399 e. The number of alkyl halides is 3. The van der Waals surface area contributed by atoms with Crippen molar-refractivity contribution in [2.45, 2.75) is 30.5 Å². The SMILES string of the molecule is CN1CCC(c2ccc(Nc3nn(C4COCC[C@@H]4C#N)c4cc[nH]c(=O)c34)cc2)(C(F)(F)F)C1. The van der Waals surface area contributed by atoms with Crippen LogP contribution < -0.4 is 10.9 Å². The molecule has 2 aromatic heterocycles. The van der Waals surface area contributed by atoms with Crippen molar-refractivity contribution in [3.05, 3.63) is 52.4 Å². The van der Waals surface area contributed by atoms with Crippen LogP contribution in [0.15, 0.2) is 41.3 Å². The van der Waals surface area contributed by atoms with Crippen LogP contribution in [0.2, 0.25) is 0 Å². The average molecular weight is 486 g/mol. The first-order valence-corrected chi connectivity index (χ1v) is 11.4. The molecule has 11 heteroatoms. The van der Waals surface area contributed by atoms with Crippen molar-refractivity contribution in [3.8, 4) is 6.07 Å². The van der Waals surface area contributed by atoms with E-state index in [1.54, 1.807) is 34.8 Å². The number of benzene rings is 1. The Morgan fingerprint density at radius 1 is 1.29 bits per heavy atom. The minimum absolute atomic E-state index is 0.00765. The minimum Gasteiger partial charge on any atom is -0.379 e. The molecule has 3 atom stereocenters. The molecule has 0 bridgehead atoms. The number of nitrogens with zero attached hydrogens (tertiary/aromatic N) is 4. The molecule has 0 radical (unpaired) electrons. The summed E-state index contributed by atoms with van der Waals surface area (Å²) in [4.78, 5) is 17.0. The Kier molecular flexibility index (Phi) is 5.81. The summed E-state index contributed by atoms with van der Waals surface area (Å²) in [6, 6.07) is 9.77. The molecule has 2 aliphatic heterocycles. The molecule has 8 nitrogen and oxygen atoms in total. The number of hydrogen-bond donors (Lipinski definition) is 2. The predicted molar refractivity (Wildman–Crippen MR) is 124 cm³/mol. The molecule has 2 fully saturated rings. The third-order valence-electron chi connectivity index (χ3n) is 7.14. The van der Waals surface area contributed by atoms with Gasteiger partial charge in [-0.25, -0.2) is 0 Å². The fourth-order valence-corrected chi connectivity index (χ4v) is 5.19. The molecule has 2 N–H and O–H groups in total. The monoisotopic (exact) mass is 486 g/mol. The molecule has 0 spiro atoms. The molecule has 3 aromatic rings. The van der Waals surface area contributed by atoms with Crippen LogP contribution in [0.3, 0.4) is 0 Å². The number of nitrogens with one attached hydrogen (secondary N) is 2. The number of ether oxygens (including phenoxy) is 1. The number of anilines is 2. The molecule has 4 heterocycles. The summed E-state index contributed by atoms with van der Waals surface area (Å²) in [7, 11) is 1.69. The van der Waals surface area contributed by atoms with Gasteiger partial charge in [0.05, 0.1) is 30.2 Å². The van der Waals surface area contributed by atoms with E-state index < -0.39 is 11.6 Å². The second-order valence-electron chi connectivity index (χ2n) is 9.30. The minimum atomic E-state index is -4.37. The van der Waals surface area contributed by atoms with E-state index in [0.717, 1.165) is 0 Å². The lowest BCUT2D eigenvalue weighted by Gasteiger charge is -2.32. The summed E-state index contributed by atoms with van der Waals surface area (Å²) in [5, 5.41) is 17.6. The van der Waals surface area contributed by atoms with Crippen LogP contribution in [0.5, 0.6) is 0 Å². The highest BCUT2D eigenvalue weighted by atomic mass is 19.4. The maximum Gasteiger partial charge on any atom is 0.399 e. The number of pyridine rings is 1. The van der Waals surface area contributed by atoms with E-state index in [1.807, 2.05) is 0 Å². The smallest absolute Gasteiger partial charge is 0.379 e. The normalized spacial score (nSPS) is 25.6. The highest BCUT2D eigenvalue weighted by molar-refractivity contribution is 5.91. The first-order chi connectivity index (χ1) is 16.7. The van der Waals surface area contributed by atoms with E-state index in [-0.39, 0.29) is 41.9 Å². The molecule has 184 valence electrons. The van der Waals surface area contributed by atoms with Gasteiger partial charge in [-0.3, -0.25) is 9.48 Å². The number of H-pyrrole nitrogens is 1. The number of aromatic nitrogens is 3. The zero-order valence-electron chi connectivity index (χ0n) is 19.1. The number of likely N-dealkylation sites (tertiary alicyclic amines) is 1. The van der Waals surface area contributed by atoms with Gasteiger partial charge >= 0.3 is 6.18 Å². The van der Waals surface area contributed by atoms with Crippen LogP contribution >= 0.6 is 0 Å². The third kappa shape index (κ3) is 3.96. The molecule has 5 rings (SSSR count).